The maximum Gasteiger partial charge on any atom is 0.340 e. The number of rotatable bonds is 7. The number of esters is 1. The van der Waals surface area contributed by atoms with E-state index in [0.717, 1.165) is 35.1 Å². The van der Waals surface area contributed by atoms with Crippen molar-refractivity contribution in [1.29, 1.82) is 0 Å². The molecule has 0 aliphatic heterocycles. The van der Waals surface area contributed by atoms with E-state index in [-0.39, 0.29) is 12.6 Å². The summed E-state index contributed by atoms with van der Waals surface area (Å²) < 4.78 is 16.2. The monoisotopic (exact) mass is 524 g/mol. The normalized spacial score (nSPS) is 14.3. The minimum atomic E-state index is -0.296. The van der Waals surface area contributed by atoms with Crippen LogP contribution in [0.25, 0.3) is 16.6 Å². The van der Waals surface area contributed by atoms with Gasteiger partial charge in [0.15, 0.2) is 10.6 Å². The largest absolute Gasteiger partial charge is 0.486 e. The Balaban J connectivity index is 1.49. The zero-order valence-corrected chi connectivity index (χ0v) is 22.0. The molecule has 0 spiro atoms. The van der Waals surface area contributed by atoms with Crippen molar-refractivity contribution >= 4 is 40.7 Å². The molecule has 5 rings (SSSR count). The highest BCUT2D eigenvalue weighted by molar-refractivity contribution is 7.71. The fraction of sp³-hybridized carbons (Fsp3) is 0.370. The number of H-pyrrole nitrogens is 1. The Morgan fingerprint density at radius 1 is 1.17 bits per heavy atom. The summed E-state index contributed by atoms with van der Waals surface area (Å²) >= 11 is 11.5. The molecule has 2 heterocycles. The molecular formula is C27H29ClN4O3S. The summed E-state index contributed by atoms with van der Waals surface area (Å²) in [7, 11) is 0. The molecule has 0 amide bonds. The number of hydrogen-bond donors (Lipinski definition) is 1. The third-order valence-corrected chi connectivity index (χ3v) is 7.36. The summed E-state index contributed by atoms with van der Waals surface area (Å²) in [6.45, 7) is 4.37. The number of aromatic nitrogens is 4. The average Bonchev–Trinajstić information content (AvgIpc) is 3.39. The zero-order chi connectivity index (χ0) is 25.2. The molecule has 36 heavy (non-hydrogen) atoms. The topological polar surface area (TPSA) is 74.1 Å². The number of ether oxygens (including phenoxy) is 2. The molecule has 1 aliphatic rings. The molecule has 2 aromatic carbocycles. The number of halogens is 1. The highest BCUT2D eigenvalue weighted by Gasteiger charge is 2.26. The van der Waals surface area contributed by atoms with E-state index < -0.39 is 0 Å². The van der Waals surface area contributed by atoms with Gasteiger partial charge in [0.25, 0.3) is 0 Å². The molecule has 2 aromatic heterocycles. The van der Waals surface area contributed by atoms with E-state index in [1.807, 2.05) is 48.7 Å². The standard InChI is InChI=1S/C27H29ClN4O3S/c1-3-34-26(33)25-17(2)31(19-7-5-4-6-8-19)23-14-13-21(15-22(23)25)35-16-24-29-30-27(36)32(24)20-11-9-18(28)10-12-20/h9-15,19H,3-8,16H2,1-2H3,(H,30,36). The smallest absolute Gasteiger partial charge is 0.340 e. The minimum Gasteiger partial charge on any atom is -0.486 e. The molecule has 4 aromatic rings. The lowest BCUT2D eigenvalue weighted by atomic mass is 9.95. The molecular weight excluding hydrogens is 496 g/mol. The van der Waals surface area contributed by atoms with Gasteiger partial charge in [-0.3, -0.25) is 9.67 Å². The molecule has 7 nitrogen and oxygen atoms in total. The van der Waals surface area contributed by atoms with Crippen LogP contribution in [0.15, 0.2) is 42.5 Å². The Hall–Kier alpha value is -3.10. The van der Waals surface area contributed by atoms with E-state index in [0.29, 0.717) is 39.6 Å². The second-order valence-corrected chi connectivity index (χ2v) is 9.89. The average molecular weight is 525 g/mol. The highest BCUT2D eigenvalue weighted by atomic mass is 35.5. The Bertz CT molecular complexity index is 1450. The molecule has 0 bridgehead atoms. The van der Waals surface area contributed by atoms with Crippen molar-refractivity contribution in [3.8, 4) is 11.4 Å². The van der Waals surface area contributed by atoms with Crippen LogP contribution in [-0.4, -0.2) is 31.9 Å². The van der Waals surface area contributed by atoms with Crippen LogP contribution in [-0.2, 0) is 11.3 Å². The minimum absolute atomic E-state index is 0.193. The number of carbonyl (C=O) groups excluding carboxylic acids is 1. The number of benzene rings is 2. The third-order valence-electron chi connectivity index (χ3n) is 6.83. The predicted octanol–water partition coefficient (Wildman–Crippen LogP) is 7.11. The quantitative estimate of drug-likeness (QED) is 0.206. The Kier molecular flexibility index (Phi) is 7.16. The van der Waals surface area contributed by atoms with Crippen LogP contribution in [0, 0.1) is 11.7 Å². The second kappa shape index (κ2) is 10.5. The summed E-state index contributed by atoms with van der Waals surface area (Å²) in [5.74, 6) is 0.977. The van der Waals surface area contributed by atoms with Crippen molar-refractivity contribution in [3.05, 3.63) is 69.3 Å². The van der Waals surface area contributed by atoms with Gasteiger partial charge >= 0.3 is 5.97 Å². The van der Waals surface area contributed by atoms with E-state index in [9.17, 15) is 4.79 Å². The first-order valence-electron chi connectivity index (χ1n) is 12.3. The van der Waals surface area contributed by atoms with E-state index in [2.05, 4.69) is 14.8 Å². The van der Waals surface area contributed by atoms with E-state index in [1.165, 1.54) is 19.3 Å². The Morgan fingerprint density at radius 3 is 2.64 bits per heavy atom. The number of nitrogens with one attached hydrogen (secondary N) is 1. The van der Waals surface area contributed by atoms with Gasteiger partial charge in [-0.1, -0.05) is 30.9 Å². The number of carbonyl (C=O) groups is 1. The molecule has 0 radical (unpaired) electrons. The molecule has 9 heteroatoms. The maximum absolute atomic E-state index is 13.0. The summed E-state index contributed by atoms with van der Waals surface area (Å²) in [6, 6.07) is 13.7. The van der Waals surface area contributed by atoms with Crippen LogP contribution < -0.4 is 4.74 Å². The van der Waals surface area contributed by atoms with Gasteiger partial charge < -0.3 is 14.0 Å². The predicted molar refractivity (Wildman–Crippen MR) is 143 cm³/mol. The van der Waals surface area contributed by atoms with Gasteiger partial charge in [0.05, 0.1) is 12.2 Å². The van der Waals surface area contributed by atoms with Gasteiger partial charge in [0, 0.05) is 33.3 Å². The Morgan fingerprint density at radius 2 is 1.92 bits per heavy atom. The molecule has 0 atom stereocenters. The molecule has 1 aliphatic carbocycles. The molecule has 188 valence electrons. The van der Waals surface area contributed by atoms with Crippen molar-refractivity contribution < 1.29 is 14.3 Å². The number of fused-ring (bicyclic) bond motifs is 1. The van der Waals surface area contributed by atoms with E-state index in [4.69, 9.17) is 33.3 Å². The number of nitrogens with zero attached hydrogens (tertiary/aromatic N) is 3. The lowest BCUT2D eigenvalue weighted by Crippen LogP contribution is -2.15. The lowest BCUT2D eigenvalue weighted by Gasteiger charge is -2.26. The summed E-state index contributed by atoms with van der Waals surface area (Å²) in [5, 5.41) is 8.69. The van der Waals surface area contributed by atoms with Gasteiger partial charge in [0.2, 0.25) is 0 Å². The highest BCUT2D eigenvalue weighted by Crippen LogP contribution is 2.37. The van der Waals surface area contributed by atoms with E-state index in [1.54, 1.807) is 12.1 Å². The second-order valence-electron chi connectivity index (χ2n) is 9.07. The van der Waals surface area contributed by atoms with Crippen molar-refractivity contribution in [2.45, 2.75) is 58.6 Å². The Labute approximate surface area is 220 Å². The van der Waals surface area contributed by atoms with Gasteiger partial charge in [-0.15, -0.1) is 0 Å². The maximum atomic E-state index is 13.0. The zero-order valence-electron chi connectivity index (χ0n) is 20.4. The fourth-order valence-electron chi connectivity index (χ4n) is 5.21. The van der Waals surface area contributed by atoms with Crippen molar-refractivity contribution in [2.75, 3.05) is 6.61 Å². The molecule has 0 saturated heterocycles. The van der Waals surface area contributed by atoms with Crippen LogP contribution in [0.5, 0.6) is 5.75 Å². The van der Waals surface area contributed by atoms with Crippen LogP contribution in [0.2, 0.25) is 5.02 Å². The van der Waals surface area contributed by atoms with Crippen LogP contribution in [0.4, 0.5) is 0 Å². The molecule has 0 unspecified atom stereocenters. The van der Waals surface area contributed by atoms with Crippen molar-refractivity contribution in [2.24, 2.45) is 0 Å². The lowest BCUT2D eigenvalue weighted by molar-refractivity contribution is 0.0527. The van der Waals surface area contributed by atoms with Gasteiger partial charge in [0.1, 0.15) is 12.4 Å². The van der Waals surface area contributed by atoms with Crippen molar-refractivity contribution in [1.82, 2.24) is 19.3 Å². The van der Waals surface area contributed by atoms with Gasteiger partial charge in [-0.25, -0.2) is 4.79 Å². The summed E-state index contributed by atoms with van der Waals surface area (Å²) in [6.07, 6.45) is 5.94. The van der Waals surface area contributed by atoms with Gasteiger partial charge in [-0.05, 0) is 81.4 Å². The number of aromatic amines is 1. The molecule has 1 saturated carbocycles. The summed E-state index contributed by atoms with van der Waals surface area (Å²) in [4.78, 5) is 13.0. The van der Waals surface area contributed by atoms with Crippen LogP contribution in [0.3, 0.4) is 0 Å². The fourth-order valence-corrected chi connectivity index (χ4v) is 5.60. The molecule has 1 fully saturated rings. The van der Waals surface area contributed by atoms with E-state index >= 15 is 0 Å². The third kappa shape index (κ3) is 4.67. The van der Waals surface area contributed by atoms with Crippen LogP contribution in [0.1, 0.15) is 66.9 Å². The SMILES string of the molecule is CCOC(=O)c1c(C)n(C2CCCCC2)c2ccc(OCc3n[nH]c(=S)n3-c3ccc(Cl)cc3)cc12. The first-order chi connectivity index (χ1) is 17.5. The molecule has 1 N–H and O–H groups in total. The van der Waals surface area contributed by atoms with Crippen molar-refractivity contribution in [3.63, 3.8) is 0 Å². The van der Waals surface area contributed by atoms with Gasteiger partial charge in [-0.2, -0.15) is 5.10 Å². The van der Waals surface area contributed by atoms with Crippen LogP contribution >= 0.6 is 23.8 Å². The number of hydrogen-bond acceptors (Lipinski definition) is 5. The summed E-state index contributed by atoms with van der Waals surface area (Å²) in [5.41, 5.74) is 3.46. The first-order valence-corrected chi connectivity index (χ1v) is 13.1. The first kappa shape index (κ1) is 24.6.